The van der Waals surface area contributed by atoms with Crippen LogP contribution in [0.25, 0.3) is 11.1 Å². The third-order valence-corrected chi connectivity index (χ3v) is 9.88. The second-order valence-corrected chi connectivity index (χ2v) is 13.7. The average molecular weight is 704 g/mol. The van der Waals surface area contributed by atoms with Gasteiger partial charge in [-0.3, -0.25) is 14.7 Å². The summed E-state index contributed by atoms with van der Waals surface area (Å²) < 4.78 is 13.7. The number of benzene rings is 5. The first-order valence-electron chi connectivity index (χ1n) is 18.2. The van der Waals surface area contributed by atoms with Crippen molar-refractivity contribution < 1.29 is 19.4 Å². The molecule has 0 spiro atoms. The van der Waals surface area contributed by atoms with E-state index in [0.717, 1.165) is 53.0 Å². The van der Waals surface area contributed by atoms with Crippen LogP contribution in [0.3, 0.4) is 0 Å². The number of hydrogen-bond acceptors (Lipinski definition) is 6. The van der Waals surface area contributed by atoms with Gasteiger partial charge in [-0.2, -0.15) is 0 Å². The van der Waals surface area contributed by atoms with Crippen molar-refractivity contribution >= 4 is 5.91 Å². The molecule has 0 radical (unpaired) electrons. The van der Waals surface area contributed by atoms with Gasteiger partial charge in [0, 0.05) is 50.1 Å². The molecule has 7 rings (SSSR count). The summed E-state index contributed by atoms with van der Waals surface area (Å²) in [4.78, 5) is 19.1. The van der Waals surface area contributed by atoms with E-state index >= 15 is 0 Å². The van der Waals surface area contributed by atoms with Crippen LogP contribution in [0.15, 0.2) is 158 Å². The van der Waals surface area contributed by atoms with E-state index in [9.17, 15) is 9.90 Å². The fraction of sp³-hybridized carbons (Fsp3) is 0.217. The Morgan fingerprint density at radius 3 is 2.00 bits per heavy atom. The molecule has 0 saturated carbocycles. The third kappa shape index (κ3) is 9.33. The Hall–Kier alpha value is -5.44. The van der Waals surface area contributed by atoms with Gasteiger partial charge < -0.3 is 19.9 Å². The average Bonchev–Trinajstić information content (AvgIpc) is 3.22. The van der Waals surface area contributed by atoms with Crippen LogP contribution >= 0.6 is 0 Å². The molecule has 1 aliphatic rings. The van der Waals surface area contributed by atoms with Crippen LogP contribution < -0.4 is 5.32 Å². The maximum absolute atomic E-state index is 12.6. The molecule has 0 bridgehead atoms. The van der Waals surface area contributed by atoms with Crippen molar-refractivity contribution in [2.45, 2.75) is 51.7 Å². The zero-order chi connectivity index (χ0) is 36.4. The molecular weight excluding hydrogens is 659 g/mol. The first-order chi connectivity index (χ1) is 26.0. The normalized spacial score (nSPS) is 18.5. The minimum absolute atomic E-state index is 0.00105. The number of nitrogens with one attached hydrogen (secondary N) is 1. The van der Waals surface area contributed by atoms with Crippen LogP contribution in [0.4, 0.5) is 0 Å². The largest absolute Gasteiger partial charge is 0.392 e. The summed E-state index contributed by atoms with van der Waals surface area (Å²) in [5.74, 6) is -0.0974. The Kier molecular flexibility index (Phi) is 11.8. The number of ether oxygens (including phenoxy) is 2. The predicted octanol–water partition coefficient (Wildman–Crippen LogP) is 8.66. The molecular formula is C46H45N3O4. The lowest BCUT2D eigenvalue weighted by Gasteiger charge is -2.43. The zero-order valence-electron chi connectivity index (χ0n) is 29.9. The predicted molar refractivity (Wildman–Crippen MR) is 207 cm³/mol. The van der Waals surface area contributed by atoms with E-state index in [1.165, 1.54) is 11.1 Å². The van der Waals surface area contributed by atoms with Crippen molar-refractivity contribution in [3.8, 4) is 11.1 Å². The SMILES string of the molecule is C[C@@H]1[C@H](CN(Cc2ccccc2)Cc2ccccc2)O[C@H](c2ccc(-c3cccc(CNC(=O)c4cccnc4)c3)cc2)O[C@@H]1c1ccc(CO)cc1. The number of amides is 1. The van der Waals surface area contributed by atoms with Crippen molar-refractivity contribution in [1.29, 1.82) is 0 Å². The van der Waals surface area contributed by atoms with Gasteiger partial charge in [0.15, 0.2) is 6.29 Å². The van der Waals surface area contributed by atoms with E-state index in [-0.39, 0.29) is 30.6 Å². The molecule has 0 aliphatic carbocycles. The number of nitrogens with zero attached hydrogens (tertiary/aromatic N) is 2. The number of aromatic nitrogens is 1. The highest BCUT2D eigenvalue weighted by Gasteiger charge is 2.39. The number of hydrogen-bond donors (Lipinski definition) is 2. The highest BCUT2D eigenvalue weighted by Crippen LogP contribution is 2.42. The summed E-state index contributed by atoms with van der Waals surface area (Å²) in [7, 11) is 0. The van der Waals surface area contributed by atoms with E-state index in [0.29, 0.717) is 12.1 Å². The molecule has 1 aliphatic heterocycles. The third-order valence-electron chi connectivity index (χ3n) is 9.88. The Morgan fingerprint density at radius 1 is 0.698 bits per heavy atom. The lowest BCUT2D eigenvalue weighted by atomic mass is 9.89. The van der Waals surface area contributed by atoms with Crippen molar-refractivity contribution in [1.82, 2.24) is 15.2 Å². The fourth-order valence-electron chi connectivity index (χ4n) is 6.93. The second-order valence-electron chi connectivity index (χ2n) is 13.7. The quantitative estimate of drug-likeness (QED) is 0.125. The number of aliphatic hydroxyl groups excluding tert-OH is 1. The molecule has 268 valence electrons. The lowest BCUT2D eigenvalue weighted by molar-refractivity contribution is -0.276. The molecule has 7 heteroatoms. The minimum Gasteiger partial charge on any atom is -0.392 e. The second kappa shape index (κ2) is 17.4. The molecule has 7 nitrogen and oxygen atoms in total. The van der Waals surface area contributed by atoms with E-state index in [2.05, 4.69) is 131 Å². The lowest BCUT2D eigenvalue weighted by Crippen LogP contribution is -2.44. The molecule has 0 unspecified atom stereocenters. The molecule has 2 heterocycles. The highest BCUT2D eigenvalue weighted by molar-refractivity contribution is 5.93. The number of pyridine rings is 1. The molecule has 1 amide bonds. The topological polar surface area (TPSA) is 83.9 Å². The van der Waals surface area contributed by atoms with Crippen LogP contribution in [0, 0.1) is 5.92 Å². The molecule has 1 aromatic heterocycles. The molecule has 2 N–H and O–H groups in total. The first-order valence-corrected chi connectivity index (χ1v) is 18.2. The van der Waals surface area contributed by atoms with Gasteiger partial charge in [0.25, 0.3) is 5.91 Å². The molecule has 6 aromatic rings. The van der Waals surface area contributed by atoms with Crippen LogP contribution in [0.2, 0.25) is 0 Å². The van der Waals surface area contributed by atoms with Gasteiger partial charge in [0.1, 0.15) is 0 Å². The Bertz CT molecular complexity index is 2000. The van der Waals surface area contributed by atoms with E-state index in [4.69, 9.17) is 9.47 Å². The Balaban J connectivity index is 1.11. The van der Waals surface area contributed by atoms with Gasteiger partial charge in [-0.1, -0.05) is 134 Å². The molecule has 53 heavy (non-hydrogen) atoms. The van der Waals surface area contributed by atoms with Crippen LogP contribution in [0.5, 0.6) is 0 Å². The first kappa shape index (κ1) is 35.9. The van der Waals surface area contributed by atoms with Gasteiger partial charge in [-0.25, -0.2) is 0 Å². The fourth-order valence-corrected chi connectivity index (χ4v) is 6.93. The van der Waals surface area contributed by atoms with E-state index in [1.807, 2.05) is 24.3 Å². The van der Waals surface area contributed by atoms with Crippen molar-refractivity contribution in [2.75, 3.05) is 6.54 Å². The van der Waals surface area contributed by atoms with Crippen LogP contribution in [-0.2, 0) is 35.7 Å². The van der Waals surface area contributed by atoms with Crippen LogP contribution in [-0.4, -0.2) is 33.5 Å². The molecule has 4 atom stereocenters. The van der Waals surface area contributed by atoms with Crippen LogP contribution in [0.1, 0.15) is 63.1 Å². The maximum Gasteiger partial charge on any atom is 0.253 e. The van der Waals surface area contributed by atoms with Crippen molar-refractivity contribution in [2.24, 2.45) is 5.92 Å². The van der Waals surface area contributed by atoms with E-state index < -0.39 is 6.29 Å². The summed E-state index contributed by atoms with van der Waals surface area (Å²) in [6, 6.07) is 49.3. The van der Waals surface area contributed by atoms with Gasteiger partial charge in [-0.15, -0.1) is 0 Å². The number of rotatable bonds is 13. The minimum atomic E-state index is -0.572. The summed E-state index contributed by atoms with van der Waals surface area (Å²) in [6.07, 6.45) is 2.32. The number of aliphatic hydroxyl groups is 1. The Morgan fingerprint density at radius 2 is 1.36 bits per heavy atom. The molecule has 1 saturated heterocycles. The standard InChI is InChI=1S/C46H45N3O4/c1-33-43(31-49(29-34-10-4-2-5-11-34)30-35-12-6-3-7-13-35)52-46(53-44(33)39-19-17-36(32-50)18-20-39)40-23-21-38(22-24-40)41-15-8-14-37(26-41)27-48-45(51)42-16-9-25-47-28-42/h2-26,28,33,43-44,46,50H,27,29-32H2,1H3,(H,48,51)/t33-,43+,44+,46+/m1/s1. The summed E-state index contributed by atoms with van der Waals surface area (Å²) in [5.41, 5.74) is 9.04. The van der Waals surface area contributed by atoms with Gasteiger partial charge >= 0.3 is 0 Å². The van der Waals surface area contributed by atoms with Crippen molar-refractivity contribution in [3.63, 3.8) is 0 Å². The smallest absolute Gasteiger partial charge is 0.253 e. The summed E-state index contributed by atoms with van der Waals surface area (Å²) in [5, 5.41) is 12.7. The maximum atomic E-state index is 12.6. The molecule has 5 aromatic carbocycles. The van der Waals surface area contributed by atoms with Gasteiger partial charge in [0.05, 0.1) is 24.4 Å². The van der Waals surface area contributed by atoms with E-state index in [1.54, 1.807) is 24.5 Å². The van der Waals surface area contributed by atoms with Gasteiger partial charge in [0.2, 0.25) is 0 Å². The summed E-state index contributed by atoms with van der Waals surface area (Å²) in [6.45, 7) is 4.94. The Labute approximate surface area is 311 Å². The highest BCUT2D eigenvalue weighted by atomic mass is 16.7. The van der Waals surface area contributed by atoms with Gasteiger partial charge in [-0.05, 0) is 57.1 Å². The summed E-state index contributed by atoms with van der Waals surface area (Å²) >= 11 is 0. The monoisotopic (exact) mass is 703 g/mol. The number of carbonyl (C=O) groups is 1. The number of carbonyl (C=O) groups excluding carboxylic acids is 1. The zero-order valence-corrected chi connectivity index (χ0v) is 29.9. The van der Waals surface area contributed by atoms with Crippen molar-refractivity contribution in [3.05, 3.63) is 197 Å². The molecule has 1 fully saturated rings.